The predicted octanol–water partition coefficient (Wildman–Crippen LogP) is 5.25. The summed E-state index contributed by atoms with van der Waals surface area (Å²) in [5.41, 5.74) is 4.34. The SMILES string of the molecule is Cc1cc(S(=O)(=O)NCc2cccnc2)cnc1-c1ccc(N(Cc2ccsc2)C(=O)c2ccc(O)cc2O)cc1. The molecule has 0 atom stereocenters. The summed E-state index contributed by atoms with van der Waals surface area (Å²) in [4.78, 5) is 23.5. The number of rotatable bonds is 9. The number of benzene rings is 2. The van der Waals surface area contributed by atoms with Crippen molar-refractivity contribution in [2.24, 2.45) is 0 Å². The number of aryl methyl sites for hydroxylation is 1. The Morgan fingerprint density at radius 3 is 2.46 bits per heavy atom. The van der Waals surface area contributed by atoms with Crippen LogP contribution in [0.25, 0.3) is 11.3 Å². The smallest absolute Gasteiger partial charge is 0.262 e. The van der Waals surface area contributed by atoms with Crippen molar-refractivity contribution in [2.75, 3.05) is 4.90 Å². The first kappa shape index (κ1) is 28.0. The number of hydrogen-bond donors (Lipinski definition) is 3. The predicted molar refractivity (Wildman–Crippen MR) is 157 cm³/mol. The highest BCUT2D eigenvalue weighted by atomic mass is 32.2. The van der Waals surface area contributed by atoms with E-state index in [4.69, 9.17) is 0 Å². The molecule has 11 heteroatoms. The normalized spacial score (nSPS) is 11.3. The molecule has 208 valence electrons. The molecule has 0 aliphatic carbocycles. The molecule has 0 fully saturated rings. The number of phenolic OH excluding ortho intramolecular Hbond substituents is 2. The van der Waals surface area contributed by atoms with Gasteiger partial charge in [-0.3, -0.25) is 14.8 Å². The van der Waals surface area contributed by atoms with Crippen LogP contribution < -0.4 is 9.62 Å². The van der Waals surface area contributed by atoms with Crippen molar-refractivity contribution < 1.29 is 23.4 Å². The third-order valence-corrected chi connectivity index (χ3v) is 8.48. The molecule has 0 radical (unpaired) electrons. The Hall–Kier alpha value is -4.58. The molecule has 0 saturated heterocycles. The lowest BCUT2D eigenvalue weighted by atomic mass is 10.1. The first-order chi connectivity index (χ1) is 19.7. The second-order valence-electron chi connectivity index (χ2n) is 9.29. The highest BCUT2D eigenvalue weighted by molar-refractivity contribution is 7.89. The number of hydrogen-bond acceptors (Lipinski definition) is 8. The van der Waals surface area contributed by atoms with E-state index in [9.17, 15) is 23.4 Å². The molecule has 0 spiro atoms. The molecule has 0 bridgehead atoms. The maximum atomic E-state index is 13.5. The van der Waals surface area contributed by atoms with Gasteiger partial charge in [-0.1, -0.05) is 18.2 Å². The lowest BCUT2D eigenvalue weighted by molar-refractivity contribution is 0.0982. The number of carbonyl (C=O) groups excluding carboxylic acids is 1. The van der Waals surface area contributed by atoms with Gasteiger partial charge in [-0.25, -0.2) is 13.1 Å². The summed E-state index contributed by atoms with van der Waals surface area (Å²) in [6.07, 6.45) is 4.54. The first-order valence-electron chi connectivity index (χ1n) is 12.5. The van der Waals surface area contributed by atoms with Crippen molar-refractivity contribution in [3.63, 3.8) is 0 Å². The molecule has 0 aliphatic rings. The molecule has 5 aromatic rings. The van der Waals surface area contributed by atoms with Crippen LogP contribution in [0.15, 0.2) is 101 Å². The van der Waals surface area contributed by atoms with Crippen LogP contribution in [0.1, 0.15) is 27.0 Å². The summed E-state index contributed by atoms with van der Waals surface area (Å²) in [5.74, 6) is -0.880. The fourth-order valence-electron chi connectivity index (χ4n) is 4.25. The Labute approximate surface area is 241 Å². The van der Waals surface area contributed by atoms with E-state index < -0.39 is 15.9 Å². The minimum Gasteiger partial charge on any atom is -0.508 e. The van der Waals surface area contributed by atoms with E-state index in [1.54, 1.807) is 54.5 Å². The molecule has 0 aliphatic heterocycles. The summed E-state index contributed by atoms with van der Waals surface area (Å²) in [7, 11) is -3.78. The van der Waals surface area contributed by atoms with Crippen LogP contribution in [-0.2, 0) is 23.1 Å². The van der Waals surface area contributed by atoms with E-state index in [0.717, 1.165) is 22.8 Å². The number of nitrogens with one attached hydrogen (secondary N) is 1. The maximum Gasteiger partial charge on any atom is 0.262 e. The number of nitrogens with zero attached hydrogens (tertiary/aromatic N) is 3. The Kier molecular flexibility index (Phi) is 8.11. The Morgan fingerprint density at radius 2 is 1.80 bits per heavy atom. The molecular formula is C30H26N4O5S2. The zero-order valence-corrected chi connectivity index (χ0v) is 23.6. The summed E-state index contributed by atoms with van der Waals surface area (Å²) in [6, 6.07) is 18.1. The summed E-state index contributed by atoms with van der Waals surface area (Å²) in [5, 5.41) is 23.8. The lowest BCUT2D eigenvalue weighted by Gasteiger charge is -2.23. The average molecular weight is 587 g/mol. The van der Waals surface area contributed by atoms with Crippen LogP contribution in [0.2, 0.25) is 0 Å². The Bertz CT molecular complexity index is 1780. The zero-order valence-electron chi connectivity index (χ0n) is 21.9. The standard InChI is InChI=1S/C30H26N4O5S2/c1-20-13-26(41(38,39)33-16-21-3-2-11-31-15-21)17-32-29(20)23-4-6-24(7-5-23)34(18-22-10-12-40-19-22)30(37)27-9-8-25(35)14-28(27)36/h2-15,17,19,33,35-36H,16,18H2,1H3. The number of amides is 1. The van der Waals surface area contributed by atoms with Gasteiger partial charge in [-0.2, -0.15) is 11.3 Å². The van der Waals surface area contributed by atoms with E-state index in [0.29, 0.717) is 16.9 Å². The van der Waals surface area contributed by atoms with Gasteiger partial charge in [-0.05, 0) is 76.8 Å². The molecule has 1 amide bonds. The maximum absolute atomic E-state index is 13.5. The Balaban J connectivity index is 1.39. The van der Waals surface area contributed by atoms with Crippen molar-refractivity contribution in [1.29, 1.82) is 0 Å². The van der Waals surface area contributed by atoms with Crippen molar-refractivity contribution in [1.82, 2.24) is 14.7 Å². The van der Waals surface area contributed by atoms with Crippen LogP contribution in [0.5, 0.6) is 11.5 Å². The number of sulfonamides is 1. The number of thiophene rings is 1. The Morgan fingerprint density at radius 1 is 1.00 bits per heavy atom. The van der Waals surface area contributed by atoms with Crippen LogP contribution in [0, 0.1) is 6.92 Å². The minimum absolute atomic E-state index is 0.0560. The van der Waals surface area contributed by atoms with Crippen LogP contribution in [0.3, 0.4) is 0 Å². The number of anilines is 1. The van der Waals surface area contributed by atoms with Crippen LogP contribution >= 0.6 is 11.3 Å². The van der Waals surface area contributed by atoms with Gasteiger partial charge >= 0.3 is 0 Å². The average Bonchev–Trinajstić information content (AvgIpc) is 3.49. The fraction of sp³-hybridized carbons (Fsp3) is 0.100. The quantitative estimate of drug-likeness (QED) is 0.215. The molecule has 9 nitrogen and oxygen atoms in total. The third-order valence-electron chi connectivity index (χ3n) is 6.38. The van der Waals surface area contributed by atoms with Crippen molar-refractivity contribution >= 4 is 33.0 Å². The zero-order chi connectivity index (χ0) is 29.0. The molecule has 3 N–H and O–H groups in total. The highest BCUT2D eigenvalue weighted by Gasteiger charge is 2.22. The largest absolute Gasteiger partial charge is 0.508 e. The van der Waals surface area contributed by atoms with Gasteiger partial charge in [0.1, 0.15) is 16.4 Å². The summed E-state index contributed by atoms with van der Waals surface area (Å²) < 4.78 is 28.2. The molecule has 3 heterocycles. The summed E-state index contributed by atoms with van der Waals surface area (Å²) >= 11 is 1.52. The fourth-order valence-corrected chi connectivity index (χ4v) is 5.96. The van der Waals surface area contributed by atoms with Crippen molar-refractivity contribution in [2.45, 2.75) is 24.9 Å². The van der Waals surface area contributed by atoms with Gasteiger partial charge in [0.25, 0.3) is 5.91 Å². The monoisotopic (exact) mass is 586 g/mol. The number of phenols is 2. The molecule has 41 heavy (non-hydrogen) atoms. The van der Waals surface area contributed by atoms with Gasteiger partial charge in [0, 0.05) is 42.5 Å². The lowest BCUT2D eigenvalue weighted by Crippen LogP contribution is -2.30. The number of pyridine rings is 2. The van der Waals surface area contributed by atoms with Crippen LogP contribution in [0.4, 0.5) is 5.69 Å². The van der Waals surface area contributed by atoms with Gasteiger partial charge in [-0.15, -0.1) is 0 Å². The van der Waals surface area contributed by atoms with Gasteiger partial charge in [0.2, 0.25) is 10.0 Å². The molecule has 5 rings (SSSR count). The van der Waals surface area contributed by atoms with Gasteiger partial charge in [0.05, 0.1) is 17.8 Å². The summed E-state index contributed by atoms with van der Waals surface area (Å²) in [6.45, 7) is 2.18. The van der Waals surface area contributed by atoms with E-state index in [1.807, 2.05) is 29.0 Å². The first-order valence-corrected chi connectivity index (χ1v) is 14.9. The minimum atomic E-state index is -3.78. The number of carbonyl (C=O) groups is 1. The third kappa shape index (κ3) is 6.43. The van der Waals surface area contributed by atoms with Crippen molar-refractivity contribution in [3.8, 4) is 22.8 Å². The molecule has 0 unspecified atom stereocenters. The van der Waals surface area contributed by atoms with E-state index in [1.165, 1.54) is 29.7 Å². The van der Waals surface area contributed by atoms with Gasteiger partial charge in [0.15, 0.2) is 0 Å². The van der Waals surface area contributed by atoms with E-state index >= 15 is 0 Å². The second kappa shape index (κ2) is 11.9. The van der Waals surface area contributed by atoms with Crippen LogP contribution in [-0.4, -0.2) is 34.5 Å². The van der Waals surface area contributed by atoms with E-state index in [-0.39, 0.29) is 35.0 Å². The van der Waals surface area contributed by atoms with Gasteiger partial charge < -0.3 is 15.1 Å². The topological polar surface area (TPSA) is 133 Å². The highest BCUT2D eigenvalue weighted by Crippen LogP contribution is 2.30. The molecular weight excluding hydrogens is 560 g/mol. The van der Waals surface area contributed by atoms with Crippen molar-refractivity contribution in [3.05, 3.63) is 118 Å². The van der Waals surface area contributed by atoms with E-state index in [2.05, 4.69) is 14.7 Å². The molecule has 0 saturated carbocycles. The number of aromatic nitrogens is 2. The molecule has 3 aromatic heterocycles. The molecule has 2 aromatic carbocycles. The number of aromatic hydroxyl groups is 2. The second-order valence-corrected chi connectivity index (χ2v) is 11.8.